The number of halogens is 1. The largest absolute Gasteiger partial charge is 0.356 e. The van der Waals surface area contributed by atoms with E-state index in [4.69, 9.17) is 5.73 Å². The van der Waals surface area contributed by atoms with E-state index in [9.17, 15) is 9.18 Å². The fourth-order valence-electron chi connectivity index (χ4n) is 1.51. The van der Waals surface area contributed by atoms with E-state index < -0.39 is 5.54 Å². The lowest BCUT2D eigenvalue weighted by molar-refractivity contribution is -0.121. The molecule has 1 rings (SSSR count). The summed E-state index contributed by atoms with van der Waals surface area (Å²) < 4.78 is 13.3. The number of benzene rings is 1. The number of hydrogen-bond donors (Lipinski definition) is 2. The Hall–Kier alpha value is -1.42. The van der Waals surface area contributed by atoms with Crippen molar-refractivity contribution < 1.29 is 9.18 Å². The van der Waals surface area contributed by atoms with Gasteiger partial charge in [0.1, 0.15) is 5.82 Å². The Balaban J connectivity index is 2.34. The third kappa shape index (κ3) is 5.45. The van der Waals surface area contributed by atoms with E-state index in [0.29, 0.717) is 18.5 Å². The molecular formula is C13H19FN2O. The second-order valence-electron chi connectivity index (χ2n) is 4.86. The molecule has 0 unspecified atom stereocenters. The van der Waals surface area contributed by atoms with Crippen LogP contribution in [0.1, 0.15) is 25.8 Å². The third-order valence-electron chi connectivity index (χ3n) is 2.29. The van der Waals surface area contributed by atoms with Gasteiger partial charge >= 0.3 is 0 Å². The van der Waals surface area contributed by atoms with Gasteiger partial charge in [0.2, 0.25) is 5.91 Å². The lowest BCUT2D eigenvalue weighted by Crippen LogP contribution is -2.39. The third-order valence-corrected chi connectivity index (χ3v) is 2.29. The van der Waals surface area contributed by atoms with Crippen molar-refractivity contribution in [1.29, 1.82) is 0 Å². The van der Waals surface area contributed by atoms with E-state index in [1.54, 1.807) is 32.0 Å². The Kier molecular flexibility index (Phi) is 4.63. The summed E-state index contributed by atoms with van der Waals surface area (Å²) in [6.45, 7) is 4.02. The molecule has 0 spiro atoms. The number of carbonyl (C=O) groups excluding carboxylic acids is 1. The van der Waals surface area contributed by atoms with Crippen LogP contribution in [0.25, 0.3) is 0 Å². The minimum atomic E-state index is -0.512. The predicted molar refractivity (Wildman–Crippen MR) is 66.0 cm³/mol. The Morgan fingerprint density at radius 2 is 2.06 bits per heavy atom. The maximum atomic E-state index is 13.3. The van der Waals surface area contributed by atoms with Gasteiger partial charge in [-0.1, -0.05) is 18.2 Å². The van der Waals surface area contributed by atoms with Crippen molar-refractivity contribution in [1.82, 2.24) is 5.32 Å². The second-order valence-corrected chi connectivity index (χ2v) is 4.86. The van der Waals surface area contributed by atoms with Gasteiger partial charge < -0.3 is 11.1 Å². The molecule has 0 fully saturated rings. The molecule has 1 aromatic rings. The molecule has 4 heteroatoms. The number of amides is 1. The van der Waals surface area contributed by atoms with Crippen molar-refractivity contribution in [2.24, 2.45) is 5.73 Å². The molecule has 3 nitrogen and oxygen atoms in total. The topological polar surface area (TPSA) is 55.1 Å². The molecule has 0 aliphatic heterocycles. The Bertz CT molecular complexity index is 385. The highest BCUT2D eigenvalue weighted by Crippen LogP contribution is 2.06. The molecule has 94 valence electrons. The summed E-state index contributed by atoms with van der Waals surface area (Å²) >= 11 is 0. The van der Waals surface area contributed by atoms with Crippen LogP contribution in [0.2, 0.25) is 0 Å². The molecular weight excluding hydrogens is 219 g/mol. The monoisotopic (exact) mass is 238 g/mol. The first-order chi connectivity index (χ1) is 7.88. The van der Waals surface area contributed by atoms with Gasteiger partial charge in [-0.15, -0.1) is 0 Å². The zero-order chi connectivity index (χ0) is 12.9. The summed E-state index contributed by atoms with van der Waals surface area (Å²) in [7, 11) is 0. The van der Waals surface area contributed by atoms with Crippen LogP contribution < -0.4 is 11.1 Å². The van der Waals surface area contributed by atoms with Gasteiger partial charge in [-0.05, 0) is 31.9 Å². The van der Waals surface area contributed by atoms with Gasteiger partial charge in [0.15, 0.2) is 0 Å². The maximum absolute atomic E-state index is 13.3. The van der Waals surface area contributed by atoms with Crippen LogP contribution in [-0.2, 0) is 11.2 Å². The predicted octanol–water partition coefficient (Wildman–Crippen LogP) is 1.61. The summed E-state index contributed by atoms with van der Waals surface area (Å²) in [5.74, 6) is -0.338. The van der Waals surface area contributed by atoms with Crippen molar-refractivity contribution in [2.45, 2.75) is 32.2 Å². The van der Waals surface area contributed by atoms with Crippen molar-refractivity contribution >= 4 is 5.91 Å². The summed E-state index contributed by atoms with van der Waals surface area (Å²) in [6.07, 6.45) is 0.758. The average Bonchev–Trinajstić information content (AvgIpc) is 2.18. The van der Waals surface area contributed by atoms with Crippen LogP contribution >= 0.6 is 0 Å². The molecule has 3 N–H and O–H groups in total. The molecule has 1 amide bonds. The quantitative estimate of drug-likeness (QED) is 0.819. The molecule has 0 radical (unpaired) electrons. The minimum absolute atomic E-state index is 0.103. The first-order valence-electron chi connectivity index (χ1n) is 5.67. The van der Waals surface area contributed by atoms with E-state index in [1.807, 2.05) is 0 Å². The number of rotatable bonds is 5. The Morgan fingerprint density at radius 1 is 1.41 bits per heavy atom. The van der Waals surface area contributed by atoms with Gasteiger partial charge in [-0.2, -0.15) is 0 Å². The zero-order valence-corrected chi connectivity index (χ0v) is 10.3. The fraction of sp³-hybridized carbons (Fsp3) is 0.462. The van der Waals surface area contributed by atoms with Crippen molar-refractivity contribution in [2.75, 3.05) is 6.54 Å². The van der Waals surface area contributed by atoms with Crippen LogP contribution in [0.15, 0.2) is 24.3 Å². The van der Waals surface area contributed by atoms with Crippen molar-refractivity contribution in [3.8, 4) is 0 Å². The summed E-state index contributed by atoms with van der Waals surface area (Å²) in [6, 6.07) is 6.56. The number of nitrogens with two attached hydrogens (primary N) is 1. The molecule has 0 saturated carbocycles. The molecule has 0 aliphatic carbocycles. The zero-order valence-electron chi connectivity index (χ0n) is 10.3. The smallest absolute Gasteiger partial charge is 0.221 e. The molecule has 0 saturated heterocycles. The lowest BCUT2D eigenvalue weighted by atomic mass is 10.0. The van der Waals surface area contributed by atoms with Crippen LogP contribution in [0.5, 0.6) is 0 Å². The van der Waals surface area contributed by atoms with Gasteiger partial charge in [-0.3, -0.25) is 4.79 Å². The van der Waals surface area contributed by atoms with E-state index >= 15 is 0 Å². The first-order valence-corrected chi connectivity index (χ1v) is 5.67. The second kappa shape index (κ2) is 5.77. The normalized spacial score (nSPS) is 11.3. The maximum Gasteiger partial charge on any atom is 0.221 e. The van der Waals surface area contributed by atoms with Crippen molar-refractivity contribution in [3.05, 3.63) is 35.6 Å². The summed E-state index contributed by atoms with van der Waals surface area (Å²) in [5, 5.41) is 2.73. The van der Waals surface area contributed by atoms with Gasteiger partial charge in [0, 0.05) is 18.5 Å². The first kappa shape index (κ1) is 13.6. The average molecular weight is 238 g/mol. The summed E-state index contributed by atoms with van der Waals surface area (Å²) in [5.41, 5.74) is 5.82. The highest BCUT2D eigenvalue weighted by molar-refractivity contribution is 5.77. The molecule has 17 heavy (non-hydrogen) atoms. The van der Waals surface area contributed by atoms with Crippen LogP contribution in [0, 0.1) is 5.82 Å². The van der Waals surface area contributed by atoms with Crippen LogP contribution in [0.4, 0.5) is 4.39 Å². The molecule has 0 bridgehead atoms. The van der Waals surface area contributed by atoms with E-state index in [1.165, 1.54) is 6.07 Å². The van der Waals surface area contributed by atoms with Gasteiger partial charge in [0.25, 0.3) is 0 Å². The Morgan fingerprint density at radius 3 is 2.65 bits per heavy atom. The number of nitrogens with one attached hydrogen (secondary N) is 1. The standard InChI is InChI=1S/C13H19FN2O/c1-13(2,15)9-12(17)16-8-7-10-5-3-4-6-11(10)14/h3-6H,7-9,15H2,1-2H3,(H,16,17). The van der Waals surface area contributed by atoms with E-state index in [0.717, 1.165) is 0 Å². The molecule has 0 aliphatic rings. The molecule has 0 aromatic heterocycles. The highest BCUT2D eigenvalue weighted by Gasteiger charge is 2.15. The number of carbonyl (C=O) groups is 1. The lowest BCUT2D eigenvalue weighted by Gasteiger charge is -2.17. The number of hydrogen-bond acceptors (Lipinski definition) is 2. The van der Waals surface area contributed by atoms with Crippen molar-refractivity contribution in [3.63, 3.8) is 0 Å². The molecule has 0 atom stereocenters. The Labute approximate surface area is 101 Å². The van der Waals surface area contributed by atoms with Gasteiger partial charge in [-0.25, -0.2) is 4.39 Å². The van der Waals surface area contributed by atoms with Gasteiger partial charge in [0.05, 0.1) is 0 Å². The van der Waals surface area contributed by atoms with E-state index in [2.05, 4.69) is 5.32 Å². The minimum Gasteiger partial charge on any atom is -0.356 e. The SMILES string of the molecule is CC(C)(N)CC(=O)NCCc1ccccc1F. The van der Waals surface area contributed by atoms with Crippen LogP contribution in [-0.4, -0.2) is 18.0 Å². The molecule has 0 heterocycles. The highest BCUT2D eigenvalue weighted by atomic mass is 19.1. The van der Waals surface area contributed by atoms with E-state index in [-0.39, 0.29) is 18.1 Å². The molecule has 1 aromatic carbocycles. The fourth-order valence-corrected chi connectivity index (χ4v) is 1.51. The summed E-state index contributed by atoms with van der Waals surface area (Å²) in [4.78, 5) is 11.4. The van der Waals surface area contributed by atoms with Crippen LogP contribution in [0.3, 0.4) is 0 Å².